The largest absolute Gasteiger partial charge is 0.290 e. The van der Waals surface area contributed by atoms with Gasteiger partial charge in [0.05, 0.1) is 0 Å². The van der Waals surface area contributed by atoms with E-state index in [2.05, 4.69) is 9.24 Å². The zero-order valence-electron chi connectivity index (χ0n) is 8.64. The van der Waals surface area contributed by atoms with Gasteiger partial charge in [-0.05, 0) is 31.9 Å². The van der Waals surface area contributed by atoms with Gasteiger partial charge >= 0.3 is 0 Å². The molecule has 0 saturated carbocycles. The van der Waals surface area contributed by atoms with Gasteiger partial charge in [-0.3, -0.25) is 4.79 Å². The molecule has 0 heterocycles. The Labute approximate surface area is 93.7 Å². The zero-order chi connectivity index (χ0) is 9.30. The van der Waals surface area contributed by atoms with E-state index in [-0.39, 0.29) is 24.4 Å². The van der Waals surface area contributed by atoms with Gasteiger partial charge in [0.15, 0.2) is 5.52 Å². The molecule has 3 heteroatoms. The topological polar surface area (TPSA) is 17.1 Å². The molecule has 1 unspecified atom stereocenters. The van der Waals surface area contributed by atoms with Crippen molar-refractivity contribution in [3.8, 4) is 0 Å². The van der Waals surface area contributed by atoms with Gasteiger partial charge < -0.3 is 0 Å². The SMILES string of the molecule is Cc1cc(C)c(C(=O)P)c(C)c1.[Li]. The van der Waals surface area contributed by atoms with Crippen LogP contribution in [0.2, 0.25) is 0 Å². The van der Waals surface area contributed by atoms with Crippen molar-refractivity contribution in [2.45, 2.75) is 20.8 Å². The van der Waals surface area contributed by atoms with E-state index < -0.39 is 0 Å². The molecule has 0 aliphatic heterocycles. The second-order valence-corrected chi connectivity index (χ2v) is 3.66. The van der Waals surface area contributed by atoms with Crippen LogP contribution < -0.4 is 0 Å². The zero-order valence-corrected chi connectivity index (χ0v) is 9.79. The Morgan fingerprint density at radius 3 is 1.85 bits per heavy atom. The minimum atomic E-state index is 0. The Kier molecular flexibility index (Phi) is 4.93. The first-order chi connectivity index (χ1) is 5.52. The standard InChI is InChI=1S/C10H13OP.Li/c1-6-4-7(2)9(10(11)12)8(3)5-6;/h4-5H,12H2,1-3H3;. The third kappa shape index (κ3) is 2.95. The van der Waals surface area contributed by atoms with Crippen molar-refractivity contribution in [2.75, 3.05) is 0 Å². The van der Waals surface area contributed by atoms with Crippen molar-refractivity contribution in [3.05, 3.63) is 34.4 Å². The normalized spacial score (nSPS) is 9.23. The van der Waals surface area contributed by atoms with Crippen LogP contribution in [0.5, 0.6) is 0 Å². The van der Waals surface area contributed by atoms with Crippen molar-refractivity contribution < 1.29 is 4.79 Å². The van der Waals surface area contributed by atoms with E-state index in [1.165, 1.54) is 5.56 Å². The van der Waals surface area contributed by atoms with Gasteiger partial charge in [0, 0.05) is 24.4 Å². The summed E-state index contributed by atoms with van der Waals surface area (Å²) >= 11 is 0. The van der Waals surface area contributed by atoms with Crippen LogP contribution in [-0.2, 0) is 0 Å². The minimum absolute atomic E-state index is 0. The van der Waals surface area contributed by atoms with Crippen molar-refractivity contribution in [1.29, 1.82) is 0 Å². The summed E-state index contributed by atoms with van der Waals surface area (Å²) in [6.07, 6.45) is 0. The van der Waals surface area contributed by atoms with Gasteiger partial charge in [-0.1, -0.05) is 26.9 Å². The molecule has 1 atom stereocenters. The molecule has 13 heavy (non-hydrogen) atoms. The summed E-state index contributed by atoms with van der Waals surface area (Å²) in [5.74, 6) is 0. The molecule has 1 aromatic carbocycles. The number of hydrogen-bond donors (Lipinski definition) is 0. The second-order valence-electron chi connectivity index (χ2n) is 3.14. The molecular weight excluding hydrogens is 174 g/mol. The van der Waals surface area contributed by atoms with Crippen LogP contribution in [-0.4, -0.2) is 24.4 Å². The van der Waals surface area contributed by atoms with Crippen LogP contribution >= 0.6 is 9.24 Å². The van der Waals surface area contributed by atoms with E-state index in [0.29, 0.717) is 0 Å². The van der Waals surface area contributed by atoms with Gasteiger partial charge in [-0.15, -0.1) is 0 Å². The third-order valence-corrected chi connectivity index (χ3v) is 2.21. The molecule has 1 radical (unpaired) electrons. The third-order valence-electron chi connectivity index (χ3n) is 1.92. The number of aryl methyl sites for hydroxylation is 3. The number of carbonyl (C=O) groups is 1. The van der Waals surface area contributed by atoms with Gasteiger partial charge in [-0.25, -0.2) is 0 Å². The molecule has 65 valence electrons. The summed E-state index contributed by atoms with van der Waals surface area (Å²) in [5, 5.41) is 0. The number of carbonyl (C=O) groups excluding carboxylic acids is 1. The van der Waals surface area contributed by atoms with Crippen LogP contribution in [0.1, 0.15) is 27.0 Å². The Balaban J connectivity index is 0.00000144. The summed E-state index contributed by atoms with van der Waals surface area (Å²) in [6.45, 7) is 5.98. The molecule has 0 aromatic heterocycles. The Morgan fingerprint density at radius 2 is 1.54 bits per heavy atom. The van der Waals surface area contributed by atoms with Gasteiger partial charge in [0.2, 0.25) is 0 Å². The van der Waals surface area contributed by atoms with Crippen molar-refractivity contribution in [2.24, 2.45) is 0 Å². The Morgan fingerprint density at radius 1 is 1.15 bits per heavy atom. The average molecular weight is 187 g/mol. The fourth-order valence-electron chi connectivity index (χ4n) is 1.57. The van der Waals surface area contributed by atoms with Crippen LogP contribution in [0, 0.1) is 20.8 Å². The molecule has 0 spiro atoms. The molecule has 0 amide bonds. The molecule has 1 rings (SSSR count). The predicted octanol–water partition coefficient (Wildman–Crippen LogP) is 2.25. The van der Waals surface area contributed by atoms with Crippen LogP contribution in [0.3, 0.4) is 0 Å². The van der Waals surface area contributed by atoms with E-state index in [1.54, 1.807) is 0 Å². The molecule has 1 aromatic rings. The molecule has 0 aliphatic rings. The van der Waals surface area contributed by atoms with E-state index in [4.69, 9.17) is 0 Å². The van der Waals surface area contributed by atoms with E-state index in [9.17, 15) is 4.79 Å². The van der Waals surface area contributed by atoms with Crippen LogP contribution in [0.15, 0.2) is 12.1 Å². The minimum Gasteiger partial charge on any atom is -0.290 e. The number of hydrogen-bond acceptors (Lipinski definition) is 1. The van der Waals surface area contributed by atoms with E-state index in [0.717, 1.165) is 16.7 Å². The first-order valence-electron chi connectivity index (χ1n) is 3.90. The summed E-state index contributed by atoms with van der Waals surface area (Å²) in [4.78, 5) is 11.2. The summed E-state index contributed by atoms with van der Waals surface area (Å²) in [7, 11) is 2.22. The van der Waals surface area contributed by atoms with Crippen molar-refractivity contribution in [3.63, 3.8) is 0 Å². The summed E-state index contributed by atoms with van der Waals surface area (Å²) in [6, 6.07) is 4.06. The number of rotatable bonds is 1. The molecular formula is C10H13LiOP. The second kappa shape index (κ2) is 4.96. The quantitative estimate of drug-likeness (QED) is 0.486. The first kappa shape index (κ1) is 12.9. The Hall–Kier alpha value is -0.0826. The fraction of sp³-hybridized carbons (Fsp3) is 0.300. The molecule has 0 fully saturated rings. The van der Waals surface area contributed by atoms with Gasteiger partial charge in [0.25, 0.3) is 0 Å². The predicted molar refractivity (Wildman–Crippen MR) is 60.4 cm³/mol. The van der Waals surface area contributed by atoms with E-state index >= 15 is 0 Å². The molecule has 0 saturated heterocycles. The fourth-order valence-corrected chi connectivity index (χ4v) is 2.02. The maximum absolute atomic E-state index is 11.2. The van der Waals surface area contributed by atoms with Gasteiger partial charge in [0.1, 0.15) is 0 Å². The van der Waals surface area contributed by atoms with Gasteiger partial charge in [-0.2, -0.15) is 0 Å². The smallest absolute Gasteiger partial charge is 0.178 e. The Bertz CT molecular complexity index is 311. The summed E-state index contributed by atoms with van der Waals surface area (Å²) < 4.78 is 0. The first-order valence-corrected chi connectivity index (χ1v) is 4.47. The van der Waals surface area contributed by atoms with E-state index in [1.807, 2.05) is 32.9 Å². The average Bonchev–Trinajstić information content (AvgIpc) is 1.82. The maximum Gasteiger partial charge on any atom is 0.178 e. The van der Waals surface area contributed by atoms with Crippen molar-refractivity contribution in [1.82, 2.24) is 0 Å². The monoisotopic (exact) mass is 187 g/mol. The molecule has 0 N–H and O–H groups in total. The maximum atomic E-state index is 11.2. The summed E-state index contributed by atoms with van der Waals surface area (Å²) in [5.41, 5.74) is 4.25. The number of benzene rings is 1. The van der Waals surface area contributed by atoms with Crippen LogP contribution in [0.25, 0.3) is 0 Å². The van der Waals surface area contributed by atoms with Crippen molar-refractivity contribution >= 4 is 33.6 Å². The van der Waals surface area contributed by atoms with Crippen LogP contribution in [0.4, 0.5) is 0 Å². The molecule has 1 nitrogen and oxygen atoms in total. The molecule has 0 aliphatic carbocycles. The molecule has 0 bridgehead atoms.